The van der Waals surface area contributed by atoms with Crippen LogP contribution in [0.25, 0.3) is 0 Å². The van der Waals surface area contributed by atoms with Crippen molar-refractivity contribution in [1.82, 2.24) is 15.1 Å². The Morgan fingerprint density at radius 2 is 1.80 bits per heavy atom. The second kappa shape index (κ2) is 9.48. The molecule has 1 heterocycles. The SMILES string of the molecule is CN1CCN(C(=O)[C@H](CCCCO)NC(=O)c2ccc(F)cc2)CC1. The molecule has 0 unspecified atom stereocenters. The molecular weight excluding hydrogens is 325 g/mol. The Morgan fingerprint density at radius 1 is 1.16 bits per heavy atom. The fourth-order valence-electron chi connectivity index (χ4n) is 2.81. The lowest BCUT2D eigenvalue weighted by molar-refractivity contribution is -0.135. The number of benzene rings is 1. The van der Waals surface area contributed by atoms with Gasteiger partial charge in [0, 0.05) is 38.3 Å². The number of halogens is 1. The molecule has 1 saturated heterocycles. The summed E-state index contributed by atoms with van der Waals surface area (Å²) in [5.74, 6) is -0.900. The number of nitrogens with zero attached hydrogens (tertiary/aromatic N) is 2. The van der Waals surface area contributed by atoms with Gasteiger partial charge in [0.25, 0.3) is 5.91 Å². The first-order valence-electron chi connectivity index (χ1n) is 8.66. The van der Waals surface area contributed by atoms with E-state index in [9.17, 15) is 14.0 Å². The maximum Gasteiger partial charge on any atom is 0.251 e. The molecule has 0 aromatic heterocycles. The van der Waals surface area contributed by atoms with Gasteiger partial charge in [-0.2, -0.15) is 0 Å². The van der Waals surface area contributed by atoms with Crippen LogP contribution in [0.3, 0.4) is 0 Å². The molecule has 2 amide bonds. The zero-order valence-corrected chi connectivity index (χ0v) is 14.6. The first kappa shape index (κ1) is 19.3. The van der Waals surface area contributed by atoms with Crippen LogP contribution < -0.4 is 5.32 Å². The minimum Gasteiger partial charge on any atom is -0.396 e. The molecule has 6 nitrogen and oxygen atoms in total. The van der Waals surface area contributed by atoms with Crippen molar-refractivity contribution in [2.75, 3.05) is 39.8 Å². The van der Waals surface area contributed by atoms with E-state index in [1.807, 2.05) is 7.05 Å². The van der Waals surface area contributed by atoms with Gasteiger partial charge in [0.2, 0.25) is 5.91 Å². The molecule has 25 heavy (non-hydrogen) atoms. The summed E-state index contributed by atoms with van der Waals surface area (Å²) < 4.78 is 13.0. The number of hydrogen-bond donors (Lipinski definition) is 2. The highest BCUT2D eigenvalue weighted by Gasteiger charge is 2.27. The van der Waals surface area contributed by atoms with Crippen LogP contribution in [0.4, 0.5) is 4.39 Å². The van der Waals surface area contributed by atoms with E-state index in [0.717, 1.165) is 13.1 Å². The van der Waals surface area contributed by atoms with Crippen molar-refractivity contribution in [2.45, 2.75) is 25.3 Å². The van der Waals surface area contributed by atoms with Crippen LogP contribution in [-0.2, 0) is 4.79 Å². The molecule has 0 saturated carbocycles. The van der Waals surface area contributed by atoms with Crippen molar-refractivity contribution >= 4 is 11.8 Å². The molecule has 1 atom stereocenters. The largest absolute Gasteiger partial charge is 0.396 e. The number of rotatable bonds is 7. The average Bonchev–Trinajstić information content (AvgIpc) is 2.61. The molecule has 1 fully saturated rings. The minimum atomic E-state index is -0.632. The van der Waals surface area contributed by atoms with E-state index in [-0.39, 0.29) is 12.5 Å². The van der Waals surface area contributed by atoms with Gasteiger partial charge < -0.3 is 20.2 Å². The highest BCUT2D eigenvalue weighted by Crippen LogP contribution is 2.10. The average molecular weight is 351 g/mol. The molecule has 1 aromatic carbocycles. The molecule has 0 bridgehead atoms. The molecule has 7 heteroatoms. The van der Waals surface area contributed by atoms with Crippen molar-refractivity contribution in [3.8, 4) is 0 Å². The van der Waals surface area contributed by atoms with E-state index < -0.39 is 17.8 Å². The van der Waals surface area contributed by atoms with E-state index in [1.54, 1.807) is 4.90 Å². The zero-order chi connectivity index (χ0) is 18.2. The number of hydrogen-bond acceptors (Lipinski definition) is 4. The van der Waals surface area contributed by atoms with Gasteiger partial charge >= 0.3 is 0 Å². The summed E-state index contributed by atoms with van der Waals surface area (Å²) in [5, 5.41) is 11.7. The van der Waals surface area contributed by atoms with Gasteiger partial charge in [-0.3, -0.25) is 9.59 Å². The van der Waals surface area contributed by atoms with Crippen LogP contribution in [0.1, 0.15) is 29.6 Å². The third kappa shape index (κ3) is 5.79. The van der Waals surface area contributed by atoms with Crippen molar-refractivity contribution in [2.24, 2.45) is 0 Å². The number of amides is 2. The summed E-state index contributed by atoms with van der Waals surface area (Å²) in [4.78, 5) is 29.1. The molecule has 138 valence electrons. The van der Waals surface area contributed by atoms with Gasteiger partial charge in [-0.05, 0) is 50.6 Å². The first-order valence-corrected chi connectivity index (χ1v) is 8.66. The van der Waals surface area contributed by atoms with Gasteiger partial charge in [0.1, 0.15) is 11.9 Å². The Hall–Kier alpha value is -1.99. The summed E-state index contributed by atoms with van der Waals surface area (Å²) in [6.07, 6.45) is 1.70. The zero-order valence-electron chi connectivity index (χ0n) is 14.6. The fourth-order valence-corrected chi connectivity index (χ4v) is 2.81. The van der Waals surface area contributed by atoms with Crippen LogP contribution >= 0.6 is 0 Å². The molecule has 2 rings (SSSR count). The Balaban J connectivity index is 2.02. The second-order valence-electron chi connectivity index (χ2n) is 6.38. The molecular formula is C18H26FN3O3. The Kier molecular flexibility index (Phi) is 7.33. The van der Waals surface area contributed by atoms with Gasteiger partial charge in [-0.1, -0.05) is 0 Å². The number of carbonyl (C=O) groups is 2. The summed E-state index contributed by atoms with van der Waals surface area (Å²) in [5.41, 5.74) is 0.319. The van der Waals surface area contributed by atoms with E-state index >= 15 is 0 Å². The lowest BCUT2D eigenvalue weighted by atomic mass is 10.1. The predicted molar refractivity (Wildman–Crippen MR) is 92.7 cm³/mol. The number of piperazine rings is 1. The molecule has 2 N–H and O–H groups in total. The van der Waals surface area contributed by atoms with Crippen molar-refractivity contribution in [3.63, 3.8) is 0 Å². The third-order valence-corrected chi connectivity index (χ3v) is 4.43. The van der Waals surface area contributed by atoms with E-state index in [0.29, 0.717) is 37.9 Å². The van der Waals surface area contributed by atoms with Crippen molar-refractivity contribution < 1.29 is 19.1 Å². The minimum absolute atomic E-state index is 0.0569. The van der Waals surface area contributed by atoms with E-state index in [4.69, 9.17) is 5.11 Å². The lowest BCUT2D eigenvalue weighted by Crippen LogP contribution is -2.54. The van der Waals surface area contributed by atoms with Gasteiger partial charge in [-0.25, -0.2) is 4.39 Å². The van der Waals surface area contributed by atoms with Crippen LogP contribution in [0.15, 0.2) is 24.3 Å². The smallest absolute Gasteiger partial charge is 0.251 e. The van der Waals surface area contributed by atoms with E-state index in [2.05, 4.69) is 10.2 Å². The quantitative estimate of drug-likeness (QED) is 0.715. The maximum atomic E-state index is 13.0. The van der Waals surface area contributed by atoms with Crippen LogP contribution in [-0.4, -0.2) is 72.6 Å². The molecule has 1 aromatic rings. The number of carbonyl (C=O) groups excluding carboxylic acids is 2. The molecule has 0 radical (unpaired) electrons. The standard InChI is InChI=1S/C18H26FN3O3/c1-21-9-11-22(12-10-21)18(25)16(4-2-3-13-23)20-17(24)14-5-7-15(19)8-6-14/h5-8,16,23H,2-4,9-13H2,1H3,(H,20,24)/t16-/m0/s1. The Bertz CT molecular complexity index is 571. The summed E-state index contributed by atoms with van der Waals surface area (Å²) in [6, 6.07) is 4.61. The fraction of sp³-hybridized carbons (Fsp3) is 0.556. The van der Waals surface area contributed by atoms with E-state index in [1.165, 1.54) is 24.3 Å². The van der Waals surface area contributed by atoms with Gasteiger partial charge in [0.15, 0.2) is 0 Å². The molecule has 1 aliphatic rings. The number of unbranched alkanes of at least 4 members (excludes halogenated alkanes) is 1. The second-order valence-corrected chi connectivity index (χ2v) is 6.38. The molecule has 1 aliphatic heterocycles. The predicted octanol–water partition coefficient (Wildman–Crippen LogP) is 0.861. The lowest BCUT2D eigenvalue weighted by Gasteiger charge is -2.34. The van der Waals surface area contributed by atoms with Crippen molar-refractivity contribution in [1.29, 1.82) is 0 Å². The molecule has 0 spiro atoms. The van der Waals surface area contributed by atoms with Crippen LogP contribution in [0.2, 0.25) is 0 Å². The first-order chi connectivity index (χ1) is 12.0. The number of aliphatic hydroxyl groups excluding tert-OH is 1. The Morgan fingerprint density at radius 3 is 2.40 bits per heavy atom. The van der Waals surface area contributed by atoms with Gasteiger partial charge in [-0.15, -0.1) is 0 Å². The number of likely N-dealkylation sites (N-methyl/N-ethyl adjacent to an activating group) is 1. The normalized spacial score (nSPS) is 16.5. The highest BCUT2D eigenvalue weighted by molar-refractivity contribution is 5.97. The summed E-state index contributed by atoms with van der Waals surface area (Å²) in [7, 11) is 2.01. The highest BCUT2D eigenvalue weighted by atomic mass is 19.1. The summed E-state index contributed by atoms with van der Waals surface area (Å²) >= 11 is 0. The topological polar surface area (TPSA) is 72.9 Å². The van der Waals surface area contributed by atoms with Gasteiger partial charge in [0.05, 0.1) is 0 Å². The maximum absolute atomic E-state index is 13.0. The molecule has 0 aliphatic carbocycles. The van der Waals surface area contributed by atoms with Crippen LogP contribution in [0, 0.1) is 5.82 Å². The third-order valence-electron chi connectivity index (χ3n) is 4.43. The van der Waals surface area contributed by atoms with Crippen LogP contribution in [0.5, 0.6) is 0 Å². The number of aliphatic hydroxyl groups is 1. The summed E-state index contributed by atoms with van der Waals surface area (Å²) in [6.45, 7) is 2.94. The number of nitrogens with one attached hydrogen (secondary N) is 1. The Labute approximate surface area is 147 Å². The van der Waals surface area contributed by atoms with Crippen molar-refractivity contribution in [3.05, 3.63) is 35.6 Å². The monoisotopic (exact) mass is 351 g/mol.